The van der Waals surface area contributed by atoms with Crippen LogP contribution < -0.4 is 0 Å². The first-order valence-corrected chi connectivity index (χ1v) is 9.60. The third-order valence-electron chi connectivity index (χ3n) is 4.05. The molecule has 0 aliphatic carbocycles. The average Bonchev–Trinajstić information content (AvgIpc) is 2.62. The van der Waals surface area contributed by atoms with Crippen molar-refractivity contribution in [2.24, 2.45) is 0 Å². The summed E-state index contributed by atoms with van der Waals surface area (Å²) in [5.74, 6) is -0.553. The Kier molecular flexibility index (Phi) is 4.81. The highest BCUT2D eigenvalue weighted by Gasteiger charge is 2.19. The summed E-state index contributed by atoms with van der Waals surface area (Å²) in [5.41, 5.74) is 1.12. The molecule has 0 N–H and O–H groups in total. The van der Waals surface area contributed by atoms with E-state index in [1.54, 1.807) is 36.4 Å². The second kappa shape index (κ2) is 7.03. The zero-order chi connectivity index (χ0) is 17.9. The smallest absolute Gasteiger partial charge is 0.182 e. The van der Waals surface area contributed by atoms with Crippen LogP contribution in [0.25, 0.3) is 16.8 Å². The van der Waals surface area contributed by atoms with E-state index in [1.165, 1.54) is 6.92 Å². The van der Waals surface area contributed by atoms with E-state index in [2.05, 4.69) is 0 Å². The molecule has 0 atom stereocenters. The fourth-order valence-corrected chi connectivity index (χ4v) is 4.16. The van der Waals surface area contributed by atoms with E-state index in [-0.39, 0.29) is 22.0 Å². The van der Waals surface area contributed by atoms with Gasteiger partial charge in [0.1, 0.15) is 0 Å². The van der Waals surface area contributed by atoms with Crippen molar-refractivity contribution in [2.45, 2.75) is 11.8 Å². The molecule has 4 heteroatoms. The maximum absolute atomic E-state index is 12.6. The summed E-state index contributed by atoms with van der Waals surface area (Å²) >= 11 is 0. The molecular formula is C21H18O3S. The topological polar surface area (TPSA) is 51.2 Å². The van der Waals surface area contributed by atoms with E-state index in [0.29, 0.717) is 0 Å². The van der Waals surface area contributed by atoms with Crippen LogP contribution in [-0.2, 0) is 14.6 Å². The number of hydrogen-bond acceptors (Lipinski definition) is 3. The van der Waals surface area contributed by atoms with Crippen LogP contribution >= 0.6 is 0 Å². The highest BCUT2D eigenvalue weighted by Crippen LogP contribution is 2.22. The number of Topliss-reactive ketones (excluding diaryl/α,β-unsaturated/α-hetero) is 1. The largest absolute Gasteiger partial charge is 0.295 e. The van der Waals surface area contributed by atoms with Crippen molar-refractivity contribution < 1.29 is 13.2 Å². The lowest BCUT2D eigenvalue weighted by molar-refractivity contribution is -0.113. The lowest BCUT2D eigenvalue weighted by atomic mass is 10.0. The van der Waals surface area contributed by atoms with Crippen molar-refractivity contribution in [1.29, 1.82) is 0 Å². The number of ketones is 1. The Morgan fingerprint density at radius 1 is 0.880 bits per heavy atom. The van der Waals surface area contributed by atoms with Crippen LogP contribution in [0, 0.1) is 0 Å². The summed E-state index contributed by atoms with van der Waals surface area (Å²) in [6.45, 7) is 1.40. The van der Waals surface area contributed by atoms with Gasteiger partial charge in [-0.2, -0.15) is 0 Å². The molecule has 3 nitrogen and oxygen atoms in total. The van der Waals surface area contributed by atoms with Gasteiger partial charge in [-0.05, 0) is 41.5 Å². The van der Waals surface area contributed by atoms with Crippen LogP contribution in [0.3, 0.4) is 0 Å². The molecule has 3 aromatic rings. The van der Waals surface area contributed by atoms with Crippen LogP contribution in [0.2, 0.25) is 0 Å². The molecule has 0 heterocycles. The van der Waals surface area contributed by atoms with E-state index >= 15 is 0 Å². The van der Waals surface area contributed by atoms with Gasteiger partial charge >= 0.3 is 0 Å². The fourth-order valence-electron chi connectivity index (χ4n) is 2.72. The molecule has 0 amide bonds. The van der Waals surface area contributed by atoms with Crippen molar-refractivity contribution in [1.82, 2.24) is 0 Å². The predicted octanol–water partition coefficient (Wildman–Crippen LogP) is 4.29. The third kappa shape index (κ3) is 3.86. The van der Waals surface area contributed by atoms with Crippen LogP contribution in [0.1, 0.15) is 12.5 Å². The molecule has 0 bridgehead atoms. The molecule has 0 aliphatic rings. The van der Waals surface area contributed by atoms with Crippen LogP contribution in [0.15, 0.2) is 83.3 Å². The molecule has 126 valence electrons. The van der Waals surface area contributed by atoms with Crippen LogP contribution in [0.5, 0.6) is 0 Å². The van der Waals surface area contributed by atoms with Gasteiger partial charge in [0.15, 0.2) is 15.6 Å². The summed E-state index contributed by atoms with van der Waals surface area (Å²) in [6.07, 6.45) is 1.69. The quantitative estimate of drug-likeness (QED) is 0.645. The first-order valence-electron chi connectivity index (χ1n) is 7.94. The second-order valence-electron chi connectivity index (χ2n) is 5.87. The first kappa shape index (κ1) is 17.1. The molecule has 0 aromatic heterocycles. The summed E-state index contributed by atoms with van der Waals surface area (Å²) < 4.78 is 25.2. The molecule has 0 unspecified atom stereocenters. The maximum atomic E-state index is 12.6. The van der Waals surface area contributed by atoms with Gasteiger partial charge < -0.3 is 0 Å². The molecule has 0 aliphatic heterocycles. The number of benzene rings is 3. The minimum absolute atomic E-state index is 0.222. The summed E-state index contributed by atoms with van der Waals surface area (Å²) in [5, 5.41) is 2.03. The molecule has 0 fully saturated rings. The van der Waals surface area contributed by atoms with Crippen molar-refractivity contribution >= 4 is 32.5 Å². The van der Waals surface area contributed by atoms with Crippen molar-refractivity contribution in [3.63, 3.8) is 0 Å². The Bertz CT molecular complexity index is 1040. The highest BCUT2D eigenvalue weighted by molar-refractivity contribution is 7.91. The lowest BCUT2D eigenvalue weighted by Gasteiger charge is -2.08. The van der Waals surface area contributed by atoms with Gasteiger partial charge in [-0.3, -0.25) is 4.79 Å². The number of rotatable bonds is 5. The SMILES string of the molecule is CC(=O)/C(=C/c1cccc2ccccc12)CS(=O)(=O)c1ccccc1. The van der Waals surface area contributed by atoms with Gasteiger partial charge in [-0.1, -0.05) is 60.7 Å². The monoisotopic (exact) mass is 350 g/mol. The van der Waals surface area contributed by atoms with Gasteiger partial charge in [-0.25, -0.2) is 8.42 Å². The van der Waals surface area contributed by atoms with Gasteiger partial charge in [-0.15, -0.1) is 0 Å². The molecule has 0 saturated carbocycles. The number of fused-ring (bicyclic) bond motifs is 1. The zero-order valence-corrected chi connectivity index (χ0v) is 14.7. The number of carbonyl (C=O) groups is 1. The standard InChI is InChI=1S/C21H18O3S/c1-16(22)19(15-25(23,24)20-11-3-2-4-12-20)14-18-10-7-9-17-8-5-6-13-21(17)18/h2-14H,15H2,1H3/b19-14+. The van der Waals surface area contributed by atoms with Crippen molar-refractivity contribution in [3.05, 3.63) is 83.9 Å². The first-order chi connectivity index (χ1) is 12.0. The Morgan fingerprint density at radius 2 is 1.52 bits per heavy atom. The molecular weight excluding hydrogens is 332 g/mol. The number of hydrogen-bond donors (Lipinski definition) is 0. The minimum Gasteiger partial charge on any atom is -0.295 e. The van der Waals surface area contributed by atoms with Gasteiger partial charge in [0.25, 0.3) is 0 Å². The second-order valence-corrected chi connectivity index (χ2v) is 7.86. The van der Waals surface area contributed by atoms with Crippen LogP contribution in [0.4, 0.5) is 0 Å². The molecule has 3 rings (SSSR count). The van der Waals surface area contributed by atoms with E-state index in [9.17, 15) is 13.2 Å². The van der Waals surface area contributed by atoms with Gasteiger partial charge in [0.2, 0.25) is 0 Å². The van der Waals surface area contributed by atoms with E-state index < -0.39 is 9.84 Å². The molecule has 0 radical (unpaired) electrons. The Labute approximate surface area is 147 Å². The summed E-state index contributed by atoms with van der Waals surface area (Å²) in [6, 6.07) is 21.8. The Hall–Kier alpha value is -2.72. The normalized spacial score (nSPS) is 12.3. The van der Waals surface area contributed by atoms with Crippen molar-refractivity contribution in [3.8, 4) is 0 Å². The van der Waals surface area contributed by atoms with Gasteiger partial charge in [0.05, 0.1) is 10.6 Å². The minimum atomic E-state index is -3.57. The Morgan fingerprint density at radius 3 is 2.24 bits per heavy atom. The lowest BCUT2D eigenvalue weighted by Crippen LogP contribution is -2.13. The number of carbonyl (C=O) groups excluding carboxylic acids is 1. The van der Waals surface area contributed by atoms with E-state index in [0.717, 1.165) is 16.3 Å². The predicted molar refractivity (Wildman–Crippen MR) is 101 cm³/mol. The molecule has 0 saturated heterocycles. The highest BCUT2D eigenvalue weighted by atomic mass is 32.2. The van der Waals surface area contributed by atoms with Crippen LogP contribution in [-0.4, -0.2) is 20.0 Å². The van der Waals surface area contributed by atoms with E-state index in [1.807, 2.05) is 42.5 Å². The molecule has 0 spiro atoms. The molecule has 3 aromatic carbocycles. The number of sulfone groups is 1. The maximum Gasteiger partial charge on any atom is 0.182 e. The van der Waals surface area contributed by atoms with E-state index in [4.69, 9.17) is 0 Å². The third-order valence-corrected chi connectivity index (χ3v) is 5.73. The Balaban J connectivity index is 2.04. The van der Waals surface area contributed by atoms with Gasteiger partial charge in [0, 0.05) is 5.57 Å². The molecule has 25 heavy (non-hydrogen) atoms. The average molecular weight is 350 g/mol. The fraction of sp³-hybridized carbons (Fsp3) is 0.0952. The summed E-state index contributed by atoms with van der Waals surface area (Å²) in [7, 11) is -3.57. The summed E-state index contributed by atoms with van der Waals surface area (Å²) in [4.78, 5) is 12.3. The van der Waals surface area contributed by atoms with Crippen molar-refractivity contribution in [2.75, 3.05) is 5.75 Å². The zero-order valence-electron chi connectivity index (χ0n) is 13.8.